The lowest BCUT2D eigenvalue weighted by Crippen LogP contribution is -2.19. The number of fused-ring (bicyclic) bond motifs is 1. The van der Waals surface area contributed by atoms with Gasteiger partial charge in [-0.15, -0.1) is 0 Å². The number of sulfone groups is 1. The third-order valence-corrected chi connectivity index (χ3v) is 6.27. The molecule has 0 spiro atoms. The van der Waals surface area contributed by atoms with Gasteiger partial charge < -0.3 is 14.8 Å². The molecule has 2 aromatic carbocycles. The van der Waals surface area contributed by atoms with Crippen LogP contribution in [-0.4, -0.2) is 33.3 Å². The van der Waals surface area contributed by atoms with Gasteiger partial charge in [0.15, 0.2) is 21.3 Å². The van der Waals surface area contributed by atoms with Gasteiger partial charge in [-0.05, 0) is 46.9 Å². The maximum Gasteiger partial charge on any atom is 0.225 e. The lowest BCUT2D eigenvalue weighted by atomic mass is 10.3. The molecule has 1 aliphatic rings. The van der Waals surface area contributed by atoms with Crippen molar-refractivity contribution in [3.63, 3.8) is 0 Å². The Morgan fingerprint density at radius 1 is 1.08 bits per heavy atom. The Bertz CT molecular complexity index is 898. The molecule has 0 fully saturated rings. The molecular weight excluding hydrogens is 457 g/mol. The number of hydrogen-bond acceptors (Lipinski definition) is 5. The van der Waals surface area contributed by atoms with Gasteiger partial charge in [-0.25, -0.2) is 8.42 Å². The lowest BCUT2D eigenvalue weighted by molar-refractivity contribution is -0.115. The predicted molar refractivity (Wildman–Crippen MR) is 102 cm³/mol. The summed E-state index contributed by atoms with van der Waals surface area (Å²) in [6.45, 7) is 0.826. The minimum atomic E-state index is -3.59. The molecule has 1 aliphatic heterocycles. The second-order valence-corrected chi connectivity index (χ2v) is 8.67. The monoisotopic (exact) mass is 473 g/mol. The van der Waals surface area contributed by atoms with Gasteiger partial charge in [-0.2, -0.15) is 0 Å². The number of ether oxygens (including phenoxy) is 2. The number of halogens is 1. The summed E-state index contributed by atoms with van der Waals surface area (Å²) < 4.78 is 36.6. The summed E-state index contributed by atoms with van der Waals surface area (Å²) in [6, 6.07) is 11.8. The minimum Gasteiger partial charge on any atom is -0.486 e. The highest BCUT2D eigenvalue weighted by Crippen LogP contribution is 2.32. The standard InChI is InChI=1S/C17H16INO5S/c18-13-3-1-2-4-14(13)19-17(20)7-10-25(21,22)12-5-6-15-16(11-12)24-9-8-23-15/h1-6,11H,7-10H2,(H,19,20). The summed E-state index contributed by atoms with van der Waals surface area (Å²) in [4.78, 5) is 12.2. The van der Waals surface area contributed by atoms with Crippen LogP contribution in [0.3, 0.4) is 0 Å². The molecule has 1 N–H and O–H groups in total. The van der Waals surface area contributed by atoms with Crippen molar-refractivity contribution in [1.29, 1.82) is 0 Å². The number of rotatable bonds is 5. The van der Waals surface area contributed by atoms with Crippen LogP contribution in [0.4, 0.5) is 5.69 Å². The molecule has 132 valence electrons. The topological polar surface area (TPSA) is 81.7 Å². The highest BCUT2D eigenvalue weighted by atomic mass is 127. The van der Waals surface area contributed by atoms with Gasteiger partial charge in [0.25, 0.3) is 0 Å². The van der Waals surface area contributed by atoms with E-state index >= 15 is 0 Å². The van der Waals surface area contributed by atoms with Crippen molar-refractivity contribution in [2.24, 2.45) is 0 Å². The normalized spacial score (nSPS) is 13.3. The van der Waals surface area contributed by atoms with E-state index in [9.17, 15) is 13.2 Å². The second kappa shape index (κ2) is 7.61. The van der Waals surface area contributed by atoms with Crippen LogP contribution >= 0.6 is 22.6 Å². The summed E-state index contributed by atoms with van der Waals surface area (Å²) in [5, 5.41) is 2.73. The molecule has 0 atom stereocenters. The summed E-state index contributed by atoms with van der Waals surface area (Å²) in [5.74, 6) is 0.324. The molecule has 6 nitrogen and oxygen atoms in total. The first-order valence-electron chi connectivity index (χ1n) is 7.62. The first kappa shape index (κ1) is 18.0. The van der Waals surface area contributed by atoms with Crippen LogP contribution in [0.1, 0.15) is 6.42 Å². The summed E-state index contributed by atoms with van der Waals surface area (Å²) in [6.07, 6.45) is -0.123. The summed E-state index contributed by atoms with van der Waals surface area (Å²) in [5.41, 5.74) is 0.671. The molecule has 0 bridgehead atoms. The highest BCUT2D eigenvalue weighted by molar-refractivity contribution is 14.1. The SMILES string of the molecule is O=C(CCS(=O)(=O)c1ccc2c(c1)OCCO2)Nc1ccccc1I. The van der Waals surface area contributed by atoms with E-state index in [4.69, 9.17) is 9.47 Å². The number of amides is 1. The van der Waals surface area contributed by atoms with E-state index in [2.05, 4.69) is 27.9 Å². The first-order valence-corrected chi connectivity index (χ1v) is 10.4. The van der Waals surface area contributed by atoms with Crippen LogP contribution in [0.15, 0.2) is 47.4 Å². The van der Waals surface area contributed by atoms with E-state index in [0.717, 1.165) is 3.57 Å². The van der Waals surface area contributed by atoms with Crippen LogP contribution in [-0.2, 0) is 14.6 Å². The zero-order valence-electron chi connectivity index (χ0n) is 13.2. The van der Waals surface area contributed by atoms with Gasteiger partial charge in [-0.1, -0.05) is 12.1 Å². The zero-order chi connectivity index (χ0) is 17.9. The van der Waals surface area contributed by atoms with Gasteiger partial charge in [-0.3, -0.25) is 4.79 Å². The fourth-order valence-electron chi connectivity index (χ4n) is 2.34. The Morgan fingerprint density at radius 2 is 1.80 bits per heavy atom. The second-order valence-electron chi connectivity index (χ2n) is 5.40. The molecule has 3 rings (SSSR count). The van der Waals surface area contributed by atoms with Crippen molar-refractivity contribution in [3.05, 3.63) is 46.0 Å². The molecule has 1 heterocycles. The molecule has 0 unspecified atom stereocenters. The van der Waals surface area contributed by atoms with E-state index in [0.29, 0.717) is 30.4 Å². The number of anilines is 1. The van der Waals surface area contributed by atoms with Crippen molar-refractivity contribution < 1.29 is 22.7 Å². The highest BCUT2D eigenvalue weighted by Gasteiger charge is 2.20. The Labute approximate surface area is 159 Å². The smallest absolute Gasteiger partial charge is 0.225 e. The third-order valence-electron chi connectivity index (χ3n) is 3.62. The van der Waals surface area contributed by atoms with Crippen LogP contribution < -0.4 is 14.8 Å². The molecule has 1 amide bonds. The van der Waals surface area contributed by atoms with Crippen molar-refractivity contribution in [2.75, 3.05) is 24.3 Å². The third kappa shape index (κ3) is 4.43. The van der Waals surface area contributed by atoms with Crippen LogP contribution in [0.5, 0.6) is 11.5 Å². The Kier molecular flexibility index (Phi) is 5.48. The Balaban J connectivity index is 1.65. The lowest BCUT2D eigenvalue weighted by Gasteiger charge is -2.18. The molecule has 0 aliphatic carbocycles. The molecule has 0 aromatic heterocycles. The molecule has 0 saturated heterocycles. The van der Waals surface area contributed by atoms with Gasteiger partial charge in [0.1, 0.15) is 13.2 Å². The number of carbonyl (C=O) groups is 1. The quantitative estimate of drug-likeness (QED) is 0.676. The maximum absolute atomic E-state index is 12.5. The van der Waals surface area contributed by atoms with E-state index in [-0.39, 0.29) is 23.0 Å². The molecular formula is C17H16INO5S. The first-order chi connectivity index (χ1) is 12.0. The molecule has 2 aromatic rings. The maximum atomic E-state index is 12.5. The Morgan fingerprint density at radius 3 is 2.56 bits per heavy atom. The number of hydrogen-bond donors (Lipinski definition) is 1. The summed E-state index contributed by atoms with van der Waals surface area (Å²) in [7, 11) is -3.59. The van der Waals surface area contributed by atoms with E-state index < -0.39 is 9.84 Å². The van der Waals surface area contributed by atoms with Gasteiger partial charge in [0, 0.05) is 16.1 Å². The largest absolute Gasteiger partial charge is 0.486 e. The summed E-state index contributed by atoms with van der Waals surface area (Å²) >= 11 is 2.11. The Hall–Kier alpha value is -1.81. The molecule has 8 heteroatoms. The van der Waals surface area contributed by atoms with Gasteiger partial charge in [0.2, 0.25) is 5.91 Å². The number of carbonyl (C=O) groups excluding carboxylic acids is 1. The fraction of sp³-hybridized carbons (Fsp3) is 0.235. The van der Waals surface area contributed by atoms with Gasteiger partial charge >= 0.3 is 0 Å². The molecule has 25 heavy (non-hydrogen) atoms. The van der Waals surface area contributed by atoms with Crippen LogP contribution in [0.2, 0.25) is 0 Å². The van der Waals surface area contributed by atoms with E-state index in [1.807, 2.05) is 18.2 Å². The van der Waals surface area contributed by atoms with Crippen LogP contribution in [0, 0.1) is 3.57 Å². The van der Waals surface area contributed by atoms with Crippen molar-refractivity contribution in [3.8, 4) is 11.5 Å². The van der Waals surface area contributed by atoms with Crippen molar-refractivity contribution in [1.82, 2.24) is 0 Å². The van der Waals surface area contributed by atoms with Crippen LogP contribution in [0.25, 0.3) is 0 Å². The van der Waals surface area contributed by atoms with Crippen molar-refractivity contribution >= 4 is 44.0 Å². The predicted octanol–water partition coefficient (Wildman–Crippen LogP) is 2.86. The fourth-order valence-corrected chi connectivity index (χ4v) is 4.11. The van der Waals surface area contributed by atoms with Crippen molar-refractivity contribution in [2.45, 2.75) is 11.3 Å². The van der Waals surface area contributed by atoms with E-state index in [1.54, 1.807) is 12.1 Å². The number of nitrogens with one attached hydrogen (secondary N) is 1. The minimum absolute atomic E-state index is 0.123. The molecule has 0 saturated carbocycles. The number of para-hydroxylation sites is 1. The average molecular weight is 473 g/mol. The molecule has 0 radical (unpaired) electrons. The zero-order valence-corrected chi connectivity index (χ0v) is 16.2. The van der Waals surface area contributed by atoms with E-state index in [1.165, 1.54) is 12.1 Å². The number of benzene rings is 2. The van der Waals surface area contributed by atoms with Gasteiger partial charge in [0.05, 0.1) is 16.3 Å². The average Bonchev–Trinajstić information content (AvgIpc) is 2.62.